The molecule has 1 saturated heterocycles. The summed E-state index contributed by atoms with van der Waals surface area (Å²) in [6.07, 6.45) is 4.35. The van der Waals surface area contributed by atoms with Gasteiger partial charge in [-0.1, -0.05) is 20.8 Å². The first-order valence-electron chi connectivity index (χ1n) is 12.1. The molecule has 6 heterocycles. The van der Waals surface area contributed by atoms with E-state index in [4.69, 9.17) is 19.6 Å². The molecule has 1 fully saturated rings. The first-order chi connectivity index (χ1) is 17.2. The number of aromatic amines is 1. The van der Waals surface area contributed by atoms with E-state index in [0.717, 1.165) is 46.8 Å². The third-order valence-corrected chi connectivity index (χ3v) is 6.52. The summed E-state index contributed by atoms with van der Waals surface area (Å²) < 4.78 is 15.8. The third kappa shape index (κ3) is 4.07. The lowest BCUT2D eigenvalue weighted by molar-refractivity contribution is 0.183. The van der Waals surface area contributed by atoms with Gasteiger partial charge in [0.1, 0.15) is 17.1 Å². The van der Waals surface area contributed by atoms with Crippen molar-refractivity contribution in [2.75, 3.05) is 18.5 Å². The molecule has 0 aromatic carbocycles. The number of pyridine rings is 2. The van der Waals surface area contributed by atoms with Crippen LogP contribution in [0.3, 0.4) is 0 Å². The molecule has 10 nitrogen and oxygen atoms in total. The fourth-order valence-corrected chi connectivity index (χ4v) is 4.67. The fourth-order valence-electron chi connectivity index (χ4n) is 4.67. The van der Waals surface area contributed by atoms with Gasteiger partial charge in [0.2, 0.25) is 5.95 Å². The van der Waals surface area contributed by atoms with Gasteiger partial charge in [0.15, 0.2) is 11.5 Å². The third-order valence-electron chi connectivity index (χ3n) is 6.52. The minimum atomic E-state index is -0.0490. The molecule has 186 valence electrons. The number of hydrogen-bond acceptors (Lipinski definition) is 7. The summed E-state index contributed by atoms with van der Waals surface area (Å²) >= 11 is 0. The molecule has 5 aromatic heterocycles. The number of H-pyrrole nitrogens is 1. The van der Waals surface area contributed by atoms with Gasteiger partial charge in [0, 0.05) is 48.0 Å². The summed E-state index contributed by atoms with van der Waals surface area (Å²) in [4.78, 5) is 16.9. The molecule has 1 atom stereocenters. The zero-order chi connectivity index (χ0) is 25.0. The van der Waals surface area contributed by atoms with Crippen molar-refractivity contribution >= 4 is 34.0 Å². The van der Waals surface area contributed by atoms with Crippen LogP contribution in [0.15, 0.2) is 36.7 Å². The van der Waals surface area contributed by atoms with Crippen LogP contribution in [0.4, 0.5) is 11.8 Å². The Hall–Kier alpha value is -3.92. The molecule has 6 rings (SSSR count). The molecule has 5 aromatic rings. The first-order valence-corrected chi connectivity index (χ1v) is 12.1. The lowest BCUT2D eigenvalue weighted by Gasteiger charge is -2.22. The number of nitrogens with one attached hydrogen (secondary N) is 2. The predicted molar refractivity (Wildman–Crippen MR) is 138 cm³/mol. The number of nitrogens with zero attached hydrogens (tertiary/aromatic N) is 6. The van der Waals surface area contributed by atoms with Gasteiger partial charge in [-0.15, -0.1) is 0 Å². The quantitative estimate of drug-likeness (QED) is 0.354. The molecule has 0 radical (unpaired) electrons. The van der Waals surface area contributed by atoms with Gasteiger partial charge >= 0.3 is 0 Å². The average molecular weight is 487 g/mol. The van der Waals surface area contributed by atoms with Crippen LogP contribution in [0.1, 0.15) is 44.6 Å². The second-order valence-corrected chi connectivity index (χ2v) is 10.4. The van der Waals surface area contributed by atoms with E-state index in [9.17, 15) is 0 Å². The van der Waals surface area contributed by atoms with Crippen molar-refractivity contribution in [1.82, 2.24) is 34.3 Å². The van der Waals surface area contributed by atoms with Crippen LogP contribution in [0.2, 0.25) is 0 Å². The van der Waals surface area contributed by atoms with Gasteiger partial charge in [-0.25, -0.2) is 9.97 Å². The number of hydrogen-bond donors (Lipinski definition) is 2. The molecular formula is C26H30N8O2. The van der Waals surface area contributed by atoms with Crippen molar-refractivity contribution in [2.24, 2.45) is 7.05 Å². The normalized spacial score (nSPS) is 16.3. The Bertz CT molecular complexity index is 1570. The number of imidazole rings is 1. The smallest absolute Gasteiger partial charge is 0.210 e. The van der Waals surface area contributed by atoms with Crippen LogP contribution in [-0.2, 0) is 17.2 Å². The highest BCUT2D eigenvalue weighted by atomic mass is 16.5. The van der Waals surface area contributed by atoms with E-state index in [1.54, 1.807) is 12.4 Å². The lowest BCUT2D eigenvalue weighted by atomic mass is 9.91. The highest BCUT2D eigenvalue weighted by Crippen LogP contribution is 2.32. The van der Waals surface area contributed by atoms with E-state index >= 15 is 0 Å². The SMILES string of the molecule is Cc1cc2cc(Oc3cnc4nc(Nc5cc(C(C)(C)C)n([C@@H]6CCOC6)n5)n(C)c4c3)cnc2[nH]1. The molecule has 0 spiro atoms. The second-order valence-electron chi connectivity index (χ2n) is 10.4. The standard InChI is InChI=1S/C26H30N8O2/c1-15-8-16-9-18(12-27-23(16)29-15)36-19-10-20-24(28-13-19)31-25(33(20)5)30-22-11-21(26(2,3)4)34(32-22)17-6-7-35-14-17/h8-13,17H,6-7,14H2,1-5H3,(H,27,29)(H,28,30,31,32)/t17-/m1/s1. The Morgan fingerprint density at radius 3 is 2.69 bits per heavy atom. The Morgan fingerprint density at radius 2 is 1.92 bits per heavy atom. The lowest BCUT2D eigenvalue weighted by Crippen LogP contribution is -2.22. The number of aromatic nitrogens is 7. The van der Waals surface area contributed by atoms with Gasteiger partial charge in [-0.2, -0.15) is 10.1 Å². The summed E-state index contributed by atoms with van der Waals surface area (Å²) in [5.41, 5.74) is 4.49. The maximum Gasteiger partial charge on any atom is 0.210 e. The number of fused-ring (bicyclic) bond motifs is 2. The van der Waals surface area contributed by atoms with Crippen molar-refractivity contribution in [3.63, 3.8) is 0 Å². The van der Waals surface area contributed by atoms with Crippen molar-refractivity contribution < 1.29 is 9.47 Å². The van der Waals surface area contributed by atoms with Crippen molar-refractivity contribution in [3.05, 3.63) is 48.0 Å². The molecule has 1 aliphatic heterocycles. The monoisotopic (exact) mass is 486 g/mol. The highest BCUT2D eigenvalue weighted by Gasteiger charge is 2.28. The molecule has 0 unspecified atom stereocenters. The summed E-state index contributed by atoms with van der Waals surface area (Å²) in [5.74, 6) is 2.68. The van der Waals surface area contributed by atoms with E-state index in [1.807, 2.05) is 36.7 Å². The molecule has 0 saturated carbocycles. The van der Waals surface area contributed by atoms with Crippen LogP contribution >= 0.6 is 0 Å². The zero-order valence-corrected chi connectivity index (χ0v) is 21.2. The van der Waals surface area contributed by atoms with Crippen LogP contribution in [0.25, 0.3) is 22.2 Å². The minimum Gasteiger partial charge on any atom is -0.454 e. The van der Waals surface area contributed by atoms with E-state index in [2.05, 4.69) is 51.8 Å². The average Bonchev–Trinajstić information content (AvgIpc) is 3.60. The fraction of sp³-hybridized carbons (Fsp3) is 0.385. The van der Waals surface area contributed by atoms with E-state index in [-0.39, 0.29) is 11.5 Å². The van der Waals surface area contributed by atoms with Crippen LogP contribution in [-0.4, -0.2) is 47.5 Å². The Kier molecular flexibility index (Phi) is 5.22. The van der Waals surface area contributed by atoms with Crippen molar-refractivity contribution in [2.45, 2.75) is 45.6 Å². The molecule has 2 N–H and O–H groups in total. The summed E-state index contributed by atoms with van der Waals surface area (Å²) in [5, 5.41) is 9.28. The topological polar surface area (TPSA) is 108 Å². The van der Waals surface area contributed by atoms with Crippen LogP contribution < -0.4 is 10.1 Å². The maximum absolute atomic E-state index is 6.07. The van der Waals surface area contributed by atoms with Gasteiger partial charge in [-0.05, 0) is 25.5 Å². The molecule has 0 amide bonds. The minimum absolute atomic E-state index is 0.0490. The Labute approximate surface area is 208 Å². The van der Waals surface area contributed by atoms with E-state index < -0.39 is 0 Å². The molecule has 1 aliphatic rings. The molecule has 10 heteroatoms. The van der Waals surface area contributed by atoms with Crippen LogP contribution in [0.5, 0.6) is 11.5 Å². The zero-order valence-electron chi connectivity index (χ0n) is 21.2. The molecular weight excluding hydrogens is 456 g/mol. The number of anilines is 2. The van der Waals surface area contributed by atoms with Gasteiger partial charge in [0.05, 0.1) is 30.6 Å². The second kappa shape index (κ2) is 8.34. The van der Waals surface area contributed by atoms with Crippen LogP contribution in [0, 0.1) is 6.92 Å². The molecule has 0 bridgehead atoms. The summed E-state index contributed by atoms with van der Waals surface area (Å²) in [6.45, 7) is 10.1. The summed E-state index contributed by atoms with van der Waals surface area (Å²) in [7, 11) is 1.95. The Morgan fingerprint density at radius 1 is 1.11 bits per heavy atom. The van der Waals surface area contributed by atoms with E-state index in [1.165, 1.54) is 0 Å². The van der Waals surface area contributed by atoms with Gasteiger partial charge < -0.3 is 24.3 Å². The summed E-state index contributed by atoms with van der Waals surface area (Å²) in [6, 6.07) is 8.29. The van der Waals surface area contributed by atoms with Crippen molar-refractivity contribution in [3.8, 4) is 11.5 Å². The largest absolute Gasteiger partial charge is 0.454 e. The number of ether oxygens (including phenoxy) is 2. The predicted octanol–water partition coefficient (Wildman–Crippen LogP) is 5.14. The van der Waals surface area contributed by atoms with Crippen molar-refractivity contribution in [1.29, 1.82) is 0 Å². The molecule has 0 aliphatic carbocycles. The highest BCUT2D eigenvalue weighted by molar-refractivity contribution is 5.79. The Balaban J connectivity index is 1.28. The first kappa shape index (κ1) is 22.5. The van der Waals surface area contributed by atoms with Gasteiger partial charge in [-0.3, -0.25) is 4.68 Å². The van der Waals surface area contributed by atoms with Gasteiger partial charge in [0.25, 0.3) is 0 Å². The molecule has 36 heavy (non-hydrogen) atoms. The number of aryl methyl sites for hydroxylation is 2. The maximum atomic E-state index is 6.07. The van der Waals surface area contributed by atoms with E-state index in [0.29, 0.717) is 29.7 Å². The number of rotatable bonds is 5.